The van der Waals surface area contributed by atoms with Gasteiger partial charge in [-0.15, -0.1) is 0 Å². The number of rotatable bonds is 3. The van der Waals surface area contributed by atoms with E-state index in [-0.39, 0.29) is 18.0 Å². The Morgan fingerprint density at radius 3 is 2.86 bits per heavy atom. The highest BCUT2D eigenvalue weighted by Crippen LogP contribution is 2.14. The van der Waals surface area contributed by atoms with Crippen LogP contribution in [-0.2, 0) is 4.74 Å². The predicted molar refractivity (Wildman–Crippen MR) is 47.2 cm³/mol. The molecule has 0 unspecified atom stereocenters. The lowest BCUT2D eigenvalue weighted by Gasteiger charge is -2.00. The van der Waals surface area contributed by atoms with Gasteiger partial charge in [0.25, 0.3) is 5.69 Å². The number of nitrogen functional groups attached to an aromatic ring is 1. The number of hydrogen-bond donors (Lipinski definition) is 1. The number of aromatic nitrogens is 1. The molecule has 0 radical (unpaired) electrons. The molecular weight excluding hydrogens is 190 g/mol. The number of nitrogens with zero attached hydrogens (tertiary/aromatic N) is 2. The summed E-state index contributed by atoms with van der Waals surface area (Å²) in [4.78, 5) is 20.9. The monoisotopic (exact) mass is 199 g/mol. The molecule has 1 aromatic heterocycles. The maximum atomic E-state index is 11.2. The Morgan fingerprint density at radius 2 is 2.43 bits per heavy atom. The number of hydrogen-bond acceptors (Lipinski definition) is 5. The number of nitrogens with two attached hydrogens (primary N) is 1. The van der Waals surface area contributed by atoms with Crippen LogP contribution < -0.4 is 5.84 Å². The van der Waals surface area contributed by atoms with Crippen molar-refractivity contribution in [3.63, 3.8) is 0 Å². The van der Waals surface area contributed by atoms with Crippen LogP contribution in [0.5, 0.6) is 0 Å². The fourth-order valence-corrected chi connectivity index (χ4v) is 0.933. The van der Waals surface area contributed by atoms with E-state index in [0.717, 1.165) is 16.9 Å². The molecule has 0 aliphatic rings. The number of carbonyl (C=O) groups is 1. The molecule has 0 bridgehead atoms. The Labute approximate surface area is 79.2 Å². The zero-order valence-electron chi connectivity index (χ0n) is 7.47. The van der Waals surface area contributed by atoms with Crippen LogP contribution >= 0.6 is 0 Å². The summed E-state index contributed by atoms with van der Waals surface area (Å²) in [6.07, 6.45) is 1.05. The summed E-state index contributed by atoms with van der Waals surface area (Å²) in [5, 5.41) is 10.3. The third kappa shape index (κ3) is 1.82. The summed E-state index contributed by atoms with van der Waals surface area (Å²) in [6.45, 7) is 1.83. The van der Waals surface area contributed by atoms with Gasteiger partial charge in [0.2, 0.25) is 0 Å². The van der Waals surface area contributed by atoms with Crippen molar-refractivity contribution in [1.29, 1.82) is 0 Å². The fraction of sp³-hybridized carbons (Fsp3) is 0.286. The van der Waals surface area contributed by atoms with Gasteiger partial charge in [0.15, 0.2) is 5.69 Å². The number of carbonyl (C=O) groups excluding carboxylic acids is 1. The molecule has 7 heteroatoms. The Bertz CT molecular complexity index is 371. The van der Waals surface area contributed by atoms with Crippen molar-refractivity contribution in [1.82, 2.24) is 4.68 Å². The summed E-state index contributed by atoms with van der Waals surface area (Å²) >= 11 is 0. The molecule has 1 aromatic rings. The van der Waals surface area contributed by atoms with Crippen LogP contribution in [0.2, 0.25) is 0 Å². The highest BCUT2D eigenvalue weighted by molar-refractivity contribution is 5.88. The summed E-state index contributed by atoms with van der Waals surface area (Å²) < 4.78 is 5.51. The average Bonchev–Trinajstić information content (AvgIpc) is 2.48. The zero-order valence-corrected chi connectivity index (χ0v) is 7.47. The third-order valence-corrected chi connectivity index (χ3v) is 1.53. The van der Waals surface area contributed by atoms with Crippen LogP contribution in [0.25, 0.3) is 0 Å². The van der Waals surface area contributed by atoms with Crippen LogP contribution in [0.15, 0.2) is 12.3 Å². The van der Waals surface area contributed by atoms with Crippen LogP contribution in [0, 0.1) is 10.1 Å². The first-order valence-electron chi connectivity index (χ1n) is 3.85. The first kappa shape index (κ1) is 10.0. The summed E-state index contributed by atoms with van der Waals surface area (Å²) in [5.41, 5.74) is -0.283. The van der Waals surface area contributed by atoms with E-state index in [1.807, 2.05) is 0 Å². The first-order chi connectivity index (χ1) is 6.56. The van der Waals surface area contributed by atoms with Crippen LogP contribution in [0.4, 0.5) is 5.69 Å². The summed E-state index contributed by atoms with van der Waals surface area (Å²) in [6, 6.07) is 1.07. The largest absolute Gasteiger partial charge is 0.461 e. The SMILES string of the molecule is CCOC(=O)c1cc([N+](=O)[O-])cn1N. The quantitative estimate of drug-likeness (QED) is 0.326. The van der Waals surface area contributed by atoms with Crippen molar-refractivity contribution in [2.75, 3.05) is 12.4 Å². The maximum Gasteiger partial charge on any atom is 0.357 e. The van der Waals surface area contributed by atoms with Gasteiger partial charge in [0.05, 0.1) is 17.6 Å². The van der Waals surface area contributed by atoms with Gasteiger partial charge >= 0.3 is 5.97 Å². The lowest BCUT2D eigenvalue weighted by molar-refractivity contribution is -0.384. The minimum Gasteiger partial charge on any atom is -0.461 e. The van der Waals surface area contributed by atoms with Crippen molar-refractivity contribution in [3.05, 3.63) is 28.1 Å². The van der Waals surface area contributed by atoms with Gasteiger partial charge in [0.1, 0.15) is 6.20 Å². The van der Waals surface area contributed by atoms with E-state index in [9.17, 15) is 14.9 Å². The summed E-state index contributed by atoms with van der Waals surface area (Å²) in [5.74, 6) is 4.64. The van der Waals surface area contributed by atoms with Gasteiger partial charge in [-0.1, -0.05) is 0 Å². The van der Waals surface area contributed by atoms with Gasteiger partial charge in [-0.05, 0) is 6.92 Å². The lowest BCUT2D eigenvalue weighted by Crippen LogP contribution is -2.16. The number of ether oxygens (including phenoxy) is 1. The van der Waals surface area contributed by atoms with Crippen LogP contribution in [-0.4, -0.2) is 22.2 Å². The lowest BCUT2D eigenvalue weighted by atomic mass is 10.4. The topological polar surface area (TPSA) is 100 Å². The van der Waals surface area contributed by atoms with Crippen molar-refractivity contribution in [3.8, 4) is 0 Å². The van der Waals surface area contributed by atoms with E-state index in [4.69, 9.17) is 5.84 Å². The molecule has 0 saturated heterocycles. The van der Waals surface area contributed by atoms with Crippen LogP contribution in [0.3, 0.4) is 0 Å². The molecule has 0 aliphatic heterocycles. The highest BCUT2D eigenvalue weighted by atomic mass is 16.6. The minimum absolute atomic E-state index is 0.0430. The second-order valence-corrected chi connectivity index (χ2v) is 2.47. The normalized spacial score (nSPS) is 9.79. The number of nitro groups is 1. The van der Waals surface area contributed by atoms with E-state index in [0.29, 0.717) is 0 Å². The van der Waals surface area contributed by atoms with Crippen molar-refractivity contribution < 1.29 is 14.5 Å². The highest BCUT2D eigenvalue weighted by Gasteiger charge is 2.18. The molecule has 0 amide bonds. The van der Waals surface area contributed by atoms with Crippen molar-refractivity contribution in [2.45, 2.75) is 6.92 Å². The van der Waals surface area contributed by atoms with Crippen molar-refractivity contribution in [2.24, 2.45) is 0 Å². The van der Waals surface area contributed by atoms with Gasteiger partial charge in [-0.25, -0.2) is 4.79 Å². The van der Waals surface area contributed by atoms with E-state index >= 15 is 0 Å². The molecule has 1 rings (SSSR count). The second kappa shape index (κ2) is 3.77. The maximum absolute atomic E-state index is 11.2. The predicted octanol–water partition coefficient (Wildman–Crippen LogP) is 0.287. The molecule has 1 heterocycles. The Balaban J connectivity index is 2.98. The van der Waals surface area contributed by atoms with E-state index in [1.165, 1.54) is 0 Å². The van der Waals surface area contributed by atoms with Gasteiger partial charge in [-0.3, -0.25) is 14.8 Å². The second-order valence-electron chi connectivity index (χ2n) is 2.47. The molecule has 2 N–H and O–H groups in total. The van der Waals surface area contributed by atoms with Crippen LogP contribution in [0.1, 0.15) is 17.4 Å². The Kier molecular flexibility index (Phi) is 2.70. The molecule has 0 atom stereocenters. The Morgan fingerprint density at radius 1 is 1.79 bits per heavy atom. The standard InChI is InChI=1S/C7H9N3O4/c1-2-14-7(11)6-3-5(10(12)13)4-9(6)8/h3-4H,2,8H2,1H3. The average molecular weight is 199 g/mol. The molecule has 0 fully saturated rings. The molecule has 7 nitrogen and oxygen atoms in total. The van der Waals surface area contributed by atoms with E-state index in [1.54, 1.807) is 6.92 Å². The third-order valence-electron chi connectivity index (χ3n) is 1.53. The molecule has 0 aliphatic carbocycles. The smallest absolute Gasteiger partial charge is 0.357 e. The van der Waals surface area contributed by atoms with Gasteiger partial charge in [-0.2, -0.15) is 0 Å². The fourth-order valence-electron chi connectivity index (χ4n) is 0.933. The summed E-state index contributed by atoms with van der Waals surface area (Å²) in [7, 11) is 0. The van der Waals surface area contributed by atoms with Gasteiger partial charge < -0.3 is 10.6 Å². The molecule has 0 spiro atoms. The molecule has 0 aromatic carbocycles. The molecule has 76 valence electrons. The molecule has 0 saturated carbocycles. The molecule has 14 heavy (non-hydrogen) atoms. The van der Waals surface area contributed by atoms with E-state index < -0.39 is 10.9 Å². The Hall–Kier alpha value is -2.05. The van der Waals surface area contributed by atoms with Crippen molar-refractivity contribution >= 4 is 11.7 Å². The molecular formula is C7H9N3O4. The zero-order chi connectivity index (χ0) is 10.7. The first-order valence-corrected chi connectivity index (χ1v) is 3.85. The van der Waals surface area contributed by atoms with Gasteiger partial charge in [0, 0.05) is 0 Å². The minimum atomic E-state index is -0.678. The van der Waals surface area contributed by atoms with E-state index in [2.05, 4.69) is 4.74 Å². The number of esters is 1.